The first-order valence-corrected chi connectivity index (χ1v) is 9.58. The summed E-state index contributed by atoms with van der Waals surface area (Å²) in [5, 5.41) is 2.79. The van der Waals surface area contributed by atoms with E-state index in [1.165, 1.54) is 6.07 Å². The molecule has 2 rings (SSSR count). The number of sulfone groups is 1. The Bertz CT molecular complexity index is 637. The lowest BCUT2D eigenvalue weighted by molar-refractivity contribution is -0.121. The first kappa shape index (κ1) is 16.9. The molecule has 1 aliphatic rings. The minimum absolute atomic E-state index is 0.0494. The summed E-state index contributed by atoms with van der Waals surface area (Å²) in [5.41, 5.74) is 0.280. The van der Waals surface area contributed by atoms with Crippen LogP contribution >= 0.6 is 0 Å². The number of carbonyl (C=O) groups is 1. The van der Waals surface area contributed by atoms with E-state index in [1.807, 2.05) is 6.07 Å². The van der Waals surface area contributed by atoms with Gasteiger partial charge in [-0.25, -0.2) is 12.8 Å². The lowest BCUT2D eigenvalue weighted by atomic mass is 9.78. The van der Waals surface area contributed by atoms with Crippen LogP contribution in [0.4, 0.5) is 4.39 Å². The molecule has 0 heterocycles. The largest absolute Gasteiger partial charge is 0.355 e. The second kappa shape index (κ2) is 6.77. The van der Waals surface area contributed by atoms with Gasteiger partial charge in [-0.05, 0) is 24.5 Å². The number of benzene rings is 1. The fourth-order valence-corrected chi connectivity index (χ4v) is 3.67. The maximum atomic E-state index is 14.1. The van der Waals surface area contributed by atoms with Crippen molar-refractivity contribution in [3.05, 3.63) is 35.6 Å². The Balaban J connectivity index is 2.04. The summed E-state index contributed by atoms with van der Waals surface area (Å²) < 4.78 is 36.3. The molecule has 1 fully saturated rings. The van der Waals surface area contributed by atoms with Gasteiger partial charge in [0.15, 0.2) is 0 Å². The zero-order chi connectivity index (χ0) is 16.2. The highest BCUT2D eigenvalue weighted by Crippen LogP contribution is 2.41. The third-order valence-electron chi connectivity index (χ3n) is 4.33. The van der Waals surface area contributed by atoms with Crippen LogP contribution in [0, 0.1) is 5.82 Å². The van der Waals surface area contributed by atoms with E-state index < -0.39 is 9.84 Å². The molecule has 0 radical (unpaired) electrons. The van der Waals surface area contributed by atoms with Crippen molar-refractivity contribution in [3.8, 4) is 0 Å². The monoisotopic (exact) mass is 327 g/mol. The lowest BCUT2D eigenvalue weighted by Gasteiger charge is -2.30. The topological polar surface area (TPSA) is 63.2 Å². The van der Waals surface area contributed by atoms with Crippen molar-refractivity contribution < 1.29 is 17.6 Å². The van der Waals surface area contributed by atoms with Gasteiger partial charge in [-0.2, -0.15) is 0 Å². The molecule has 1 aliphatic carbocycles. The second-order valence-electron chi connectivity index (χ2n) is 6.12. The molecule has 0 atom stereocenters. The Hall–Kier alpha value is -1.43. The number of rotatable bonds is 6. The van der Waals surface area contributed by atoms with Gasteiger partial charge < -0.3 is 5.32 Å². The molecular formula is C16H22FNO3S. The van der Waals surface area contributed by atoms with Gasteiger partial charge in [0.25, 0.3) is 0 Å². The van der Waals surface area contributed by atoms with E-state index >= 15 is 0 Å². The van der Waals surface area contributed by atoms with Crippen molar-refractivity contribution in [2.75, 3.05) is 18.6 Å². The van der Waals surface area contributed by atoms with E-state index in [-0.39, 0.29) is 29.3 Å². The smallest absolute Gasteiger partial charge is 0.221 e. The Kier molecular flexibility index (Phi) is 5.21. The molecule has 6 heteroatoms. The number of amides is 1. The third-order valence-corrected chi connectivity index (χ3v) is 5.28. The van der Waals surface area contributed by atoms with Gasteiger partial charge in [0.05, 0.1) is 5.75 Å². The van der Waals surface area contributed by atoms with Gasteiger partial charge in [0.2, 0.25) is 5.91 Å². The molecule has 122 valence electrons. The average molecular weight is 327 g/mol. The van der Waals surface area contributed by atoms with Gasteiger partial charge >= 0.3 is 0 Å². The van der Waals surface area contributed by atoms with Gasteiger partial charge in [-0.3, -0.25) is 4.79 Å². The van der Waals surface area contributed by atoms with Crippen molar-refractivity contribution in [3.63, 3.8) is 0 Å². The van der Waals surface area contributed by atoms with E-state index in [4.69, 9.17) is 0 Å². The first-order chi connectivity index (χ1) is 10.3. The zero-order valence-electron chi connectivity index (χ0n) is 12.8. The third kappa shape index (κ3) is 4.29. The Morgan fingerprint density at radius 1 is 1.27 bits per heavy atom. The predicted molar refractivity (Wildman–Crippen MR) is 83.9 cm³/mol. The number of carbonyl (C=O) groups excluding carboxylic acids is 1. The normalized spacial score (nSPS) is 17.4. The van der Waals surface area contributed by atoms with Crippen LogP contribution in [0.25, 0.3) is 0 Å². The molecule has 1 N–H and O–H groups in total. The summed E-state index contributed by atoms with van der Waals surface area (Å²) in [5.74, 6) is -0.700. The summed E-state index contributed by atoms with van der Waals surface area (Å²) in [6, 6.07) is 6.69. The fourth-order valence-electron chi connectivity index (χ4n) is 3.12. The minimum atomic E-state index is -3.15. The fraction of sp³-hybridized carbons (Fsp3) is 0.562. The Morgan fingerprint density at radius 2 is 1.91 bits per heavy atom. The summed E-state index contributed by atoms with van der Waals surface area (Å²) in [6.45, 7) is 0.358. The highest BCUT2D eigenvalue weighted by Gasteiger charge is 2.37. The number of halogens is 1. The lowest BCUT2D eigenvalue weighted by Crippen LogP contribution is -2.40. The molecule has 1 aromatic rings. The van der Waals surface area contributed by atoms with Gasteiger partial charge in [-0.15, -0.1) is 0 Å². The molecule has 22 heavy (non-hydrogen) atoms. The van der Waals surface area contributed by atoms with Crippen molar-refractivity contribution >= 4 is 15.7 Å². The molecule has 0 bridgehead atoms. The van der Waals surface area contributed by atoms with E-state index in [0.29, 0.717) is 12.1 Å². The number of nitrogens with one attached hydrogen (secondary N) is 1. The van der Waals surface area contributed by atoms with E-state index in [0.717, 1.165) is 31.9 Å². The average Bonchev–Trinajstić information content (AvgIpc) is 2.92. The maximum Gasteiger partial charge on any atom is 0.221 e. The van der Waals surface area contributed by atoms with Crippen molar-refractivity contribution in [2.24, 2.45) is 0 Å². The van der Waals surface area contributed by atoms with Crippen LogP contribution in [0.1, 0.15) is 37.7 Å². The Morgan fingerprint density at radius 3 is 2.50 bits per heavy atom. The summed E-state index contributed by atoms with van der Waals surface area (Å²) >= 11 is 0. The number of hydrogen-bond donors (Lipinski definition) is 1. The summed E-state index contributed by atoms with van der Waals surface area (Å²) in [6.07, 6.45) is 4.74. The quantitative estimate of drug-likeness (QED) is 0.871. The molecule has 1 aromatic carbocycles. The number of hydrogen-bond acceptors (Lipinski definition) is 3. The minimum Gasteiger partial charge on any atom is -0.355 e. The van der Waals surface area contributed by atoms with Crippen molar-refractivity contribution in [2.45, 2.75) is 37.5 Å². The molecular weight excluding hydrogens is 305 g/mol. The molecule has 1 amide bonds. The van der Waals surface area contributed by atoms with E-state index in [2.05, 4.69) is 5.32 Å². The van der Waals surface area contributed by atoms with Crippen LogP contribution in [0.3, 0.4) is 0 Å². The summed E-state index contributed by atoms with van der Waals surface area (Å²) in [7, 11) is -3.15. The van der Waals surface area contributed by atoms with Crippen LogP contribution in [0.5, 0.6) is 0 Å². The molecule has 0 unspecified atom stereocenters. The maximum absolute atomic E-state index is 14.1. The first-order valence-electron chi connectivity index (χ1n) is 7.52. The molecule has 0 spiro atoms. The van der Waals surface area contributed by atoms with Crippen LogP contribution in [-0.4, -0.2) is 32.9 Å². The van der Waals surface area contributed by atoms with Crippen molar-refractivity contribution in [1.29, 1.82) is 0 Å². The Labute approximate surface area is 131 Å². The standard InChI is InChI=1S/C16H22FNO3S/c1-22(20,21)11-8-15(19)18-12-16(9-4-5-10-16)13-6-2-3-7-14(13)17/h2-3,6-7H,4-5,8-12H2,1H3,(H,18,19). The van der Waals surface area contributed by atoms with Gasteiger partial charge in [0.1, 0.15) is 15.7 Å². The van der Waals surface area contributed by atoms with E-state index in [1.54, 1.807) is 12.1 Å². The van der Waals surface area contributed by atoms with Crippen molar-refractivity contribution in [1.82, 2.24) is 5.32 Å². The van der Waals surface area contributed by atoms with Crippen LogP contribution in [0.15, 0.2) is 24.3 Å². The molecule has 4 nitrogen and oxygen atoms in total. The van der Waals surface area contributed by atoms with Crippen LogP contribution in [0.2, 0.25) is 0 Å². The highest BCUT2D eigenvalue weighted by atomic mass is 32.2. The summed E-state index contributed by atoms with van der Waals surface area (Å²) in [4.78, 5) is 11.8. The highest BCUT2D eigenvalue weighted by molar-refractivity contribution is 7.90. The second-order valence-corrected chi connectivity index (χ2v) is 8.38. The van der Waals surface area contributed by atoms with Gasteiger partial charge in [-0.1, -0.05) is 31.0 Å². The molecule has 0 aromatic heterocycles. The zero-order valence-corrected chi connectivity index (χ0v) is 13.6. The van der Waals surface area contributed by atoms with Crippen LogP contribution < -0.4 is 5.32 Å². The predicted octanol–water partition coefficient (Wildman–Crippen LogP) is 2.19. The molecule has 0 aliphatic heterocycles. The van der Waals surface area contributed by atoms with Gasteiger partial charge in [0, 0.05) is 24.6 Å². The molecule has 1 saturated carbocycles. The van der Waals surface area contributed by atoms with E-state index in [9.17, 15) is 17.6 Å². The van der Waals surface area contributed by atoms with Crippen LogP contribution in [-0.2, 0) is 20.0 Å². The molecule has 0 saturated heterocycles. The SMILES string of the molecule is CS(=O)(=O)CCC(=O)NCC1(c2ccccc2F)CCCC1.